The fourth-order valence-electron chi connectivity index (χ4n) is 3.80. The van der Waals surface area contributed by atoms with Crippen LogP contribution in [0.5, 0.6) is 5.75 Å². The Morgan fingerprint density at radius 1 is 1.18 bits per heavy atom. The van der Waals surface area contributed by atoms with Crippen molar-refractivity contribution >= 4 is 11.7 Å². The van der Waals surface area contributed by atoms with Gasteiger partial charge in [-0.1, -0.05) is 0 Å². The van der Waals surface area contributed by atoms with Gasteiger partial charge in [-0.15, -0.1) is 0 Å². The molecule has 1 aromatic carbocycles. The van der Waals surface area contributed by atoms with E-state index in [1.54, 1.807) is 14.2 Å². The predicted molar refractivity (Wildman–Crippen MR) is 85.2 cm³/mol. The molecule has 0 spiro atoms. The molecule has 0 aromatic heterocycles. The van der Waals surface area contributed by atoms with Gasteiger partial charge in [-0.05, 0) is 55.9 Å². The van der Waals surface area contributed by atoms with E-state index < -0.39 is 0 Å². The highest BCUT2D eigenvalue weighted by atomic mass is 16.5. The van der Waals surface area contributed by atoms with Crippen LogP contribution in [0.1, 0.15) is 19.8 Å². The minimum atomic E-state index is -0.0151. The molecule has 2 amide bonds. The monoisotopic (exact) mass is 304 g/mol. The number of amides is 2. The Kier molecular flexibility index (Phi) is 4.00. The number of carbonyl (C=O) groups excluding carboxylic acids is 1. The summed E-state index contributed by atoms with van der Waals surface area (Å²) in [5.74, 6) is 1.91. The number of hydrogen-bond acceptors (Lipinski definition) is 3. The molecule has 0 bridgehead atoms. The molecule has 1 heterocycles. The van der Waals surface area contributed by atoms with E-state index in [1.807, 2.05) is 29.2 Å². The number of benzene rings is 1. The van der Waals surface area contributed by atoms with Gasteiger partial charge in [0.1, 0.15) is 5.75 Å². The highest BCUT2D eigenvalue weighted by molar-refractivity contribution is 5.89. The van der Waals surface area contributed by atoms with E-state index in [9.17, 15) is 4.79 Å². The quantitative estimate of drug-likeness (QED) is 0.934. The number of likely N-dealkylation sites (tertiary alicyclic amines) is 1. The molecule has 1 aromatic rings. The first-order valence-corrected chi connectivity index (χ1v) is 7.78. The highest BCUT2D eigenvalue weighted by Gasteiger charge is 2.47. The molecule has 1 saturated heterocycles. The van der Waals surface area contributed by atoms with E-state index >= 15 is 0 Å². The molecule has 5 nitrogen and oxygen atoms in total. The second-order valence-electron chi connectivity index (χ2n) is 6.65. The molecule has 2 aliphatic rings. The molecule has 1 saturated carbocycles. The third-order valence-electron chi connectivity index (χ3n) is 5.09. The van der Waals surface area contributed by atoms with Gasteiger partial charge in [0.2, 0.25) is 0 Å². The molecule has 5 heteroatoms. The average molecular weight is 304 g/mol. The SMILES string of the molecule is COc1ccc(NC(=O)N2CC3CC(C)(OC)CC3C2)cc1. The second-order valence-corrected chi connectivity index (χ2v) is 6.65. The second kappa shape index (κ2) is 5.80. The summed E-state index contributed by atoms with van der Waals surface area (Å²) >= 11 is 0. The summed E-state index contributed by atoms with van der Waals surface area (Å²) < 4.78 is 10.7. The maximum atomic E-state index is 12.4. The topological polar surface area (TPSA) is 50.8 Å². The van der Waals surface area contributed by atoms with Crippen molar-refractivity contribution in [2.45, 2.75) is 25.4 Å². The van der Waals surface area contributed by atoms with Crippen LogP contribution < -0.4 is 10.1 Å². The lowest BCUT2D eigenvalue weighted by molar-refractivity contribution is 0.00387. The van der Waals surface area contributed by atoms with Crippen LogP contribution in [-0.2, 0) is 4.74 Å². The molecule has 3 rings (SSSR count). The fraction of sp³-hybridized carbons (Fsp3) is 0.588. The summed E-state index contributed by atoms with van der Waals surface area (Å²) in [5, 5.41) is 2.96. The van der Waals surface area contributed by atoms with E-state index in [-0.39, 0.29) is 11.6 Å². The van der Waals surface area contributed by atoms with Gasteiger partial charge in [0.25, 0.3) is 0 Å². The van der Waals surface area contributed by atoms with Crippen LogP contribution in [0.2, 0.25) is 0 Å². The molecule has 120 valence electrons. The van der Waals surface area contributed by atoms with Crippen LogP contribution >= 0.6 is 0 Å². The van der Waals surface area contributed by atoms with E-state index in [0.29, 0.717) is 11.8 Å². The lowest BCUT2D eigenvalue weighted by Gasteiger charge is -2.25. The standard InChI is InChI=1S/C17H24N2O3/c1-17(22-3)8-12-10-19(11-13(12)9-17)16(20)18-14-4-6-15(21-2)7-5-14/h4-7,12-13H,8-11H2,1-3H3,(H,18,20). The van der Waals surface area contributed by atoms with Gasteiger partial charge in [-0.3, -0.25) is 0 Å². The van der Waals surface area contributed by atoms with Gasteiger partial charge < -0.3 is 19.7 Å². The van der Waals surface area contributed by atoms with Crippen LogP contribution in [0.3, 0.4) is 0 Å². The molecule has 2 fully saturated rings. The smallest absolute Gasteiger partial charge is 0.321 e. The van der Waals surface area contributed by atoms with Crippen molar-refractivity contribution in [2.24, 2.45) is 11.8 Å². The van der Waals surface area contributed by atoms with Crippen molar-refractivity contribution in [3.05, 3.63) is 24.3 Å². The third-order valence-corrected chi connectivity index (χ3v) is 5.09. The number of nitrogens with zero attached hydrogens (tertiary/aromatic N) is 1. The molecule has 2 unspecified atom stereocenters. The predicted octanol–water partition coefficient (Wildman–Crippen LogP) is 2.97. The Labute approximate surface area is 131 Å². The van der Waals surface area contributed by atoms with Crippen molar-refractivity contribution < 1.29 is 14.3 Å². The first-order chi connectivity index (χ1) is 10.5. The molecule has 2 atom stereocenters. The normalized spacial score (nSPS) is 30.2. The molecule has 1 N–H and O–H groups in total. The van der Waals surface area contributed by atoms with Crippen molar-refractivity contribution in [3.8, 4) is 5.75 Å². The number of urea groups is 1. The molecule has 1 aliphatic carbocycles. The number of rotatable bonds is 3. The number of hydrogen-bond donors (Lipinski definition) is 1. The number of fused-ring (bicyclic) bond motifs is 1. The molecule has 22 heavy (non-hydrogen) atoms. The van der Waals surface area contributed by atoms with E-state index in [2.05, 4.69) is 12.2 Å². The Morgan fingerprint density at radius 2 is 1.77 bits per heavy atom. The van der Waals surface area contributed by atoms with Crippen LogP contribution in [0.25, 0.3) is 0 Å². The Balaban J connectivity index is 1.56. The van der Waals surface area contributed by atoms with Gasteiger partial charge in [0, 0.05) is 25.9 Å². The zero-order chi connectivity index (χ0) is 15.7. The lowest BCUT2D eigenvalue weighted by Crippen LogP contribution is -2.35. The van der Waals surface area contributed by atoms with Gasteiger partial charge in [-0.25, -0.2) is 4.79 Å². The van der Waals surface area contributed by atoms with E-state index in [1.165, 1.54) is 0 Å². The summed E-state index contributed by atoms with van der Waals surface area (Å²) in [6.07, 6.45) is 2.08. The summed E-state index contributed by atoms with van der Waals surface area (Å²) in [6, 6.07) is 7.39. The number of nitrogens with one attached hydrogen (secondary N) is 1. The summed E-state index contributed by atoms with van der Waals surface area (Å²) in [7, 11) is 3.42. The Hall–Kier alpha value is -1.75. The molecular weight excluding hydrogens is 280 g/mol. The summed E-state index contributed by atoms with van der Waals surface area (Å²) in [6.45, 7) is 3.82. The fourth-order valence-corrected chi connectivity index (χ4v) is 3.80. The summed E-state index contributed by atoms with van der Waals surface area (Å²) in [4.78, 5) is 14.3. The van der Waals surface area contributed by atoms with E-state index in [4.69, 9.17) is 9.47 Å². The lowest BCUT2D eigenvalue weighted by atomic mass is 10.0. The zero-order valence-corrected chi connectivity index (χ0v) is 13.5. The maximum Gasteiger partial charge on any atom is 0.321 e. The molecule has 0 radical (unpaired) electrons. The Morgan fingerprint density at radius 3 is 2.27 bits per heavy atom. The first kappa shape index (κ1) is 15.2. The van der Waals surface area contributed by atoms with Crippen LogP contribution in [-0.4, -0.2) is 43.8 Å². The van der Waals surface area contributed by atoms with Crippen LogP contribution in [0.15, 0.2) is 24.3 Å². The molecule has 1 aliphatic heterocycles. The van der Waals surface area contributed by atoms with Crippen molar-refractivity contribution in [1.82, 2.24) is 4.90 Å². The molecular formula is C17H24N2O3. The minimum Gasteiger partial charge on any atom is -0.497 e. The largest absolute Gasteiger partial charge is 0.497 e. The van der Waals surface area contributed by atoms with Crippen LogP contribution in [0.4, 0.5) is 10.5 Å². The summed E-state index contributed by atoms with van der Waals surface area (Å²) in [5.41, 5.74) is 0.790. The van der Waals surface area contributed by atoms with Gasteiger partial charge >= 0.3 is 6.03 Å². The number of carbonyl (C=O) groups is 1. The third kappa shape index (κ3) is 2.90. The van der Waals surface area contributed by atoms with Crippen molar-refractivity contribution in [1.29, 1.82) is 0 Å². The number of ether oxygens (including phenoxy) is 2. The van der Waals surface area contributed by atoms with Gasteiger partial charge in [0.15, 0.2) is 0 Å². The van der Waals surface area contributed by atoms with Crippen molar-refractivity contribution in [3.63, 3.8) is 0 Å². The Bertz CT molecular complexity index is 529. The van der Waals surface area contributed by atoms with Gasteiger partial charge in [0.05, 0.1) is 12.7 Å². The van der Waals surface area contributed by atoms with Crippen molar-refractivity contribution in [2.75, 3.05) is 32.6 Å². The minimum absolute atomic E-state index is 0.00607. The first-order valence-electron chi connectivity index (χ1n) is 7.78. The van der Waals surface area contributed by atoms with Crippen LogP contribution in [0, 0.1) is 11.8 Å². The van der Waals surface area contributed by atoms with E-state index in [0.717, 1.165) is 37.4 Å². The highest BCUT2D eigenvalue weighted by Crippen LogP contribution is 2.45. The maximum absolute atomic E-state index is 12.4. The number of methoxy groups -OCH3 is 2. The number of anilines is 1. The average Bonchev–Trinajstić information content (AvgIpc) is 3.03. The van der Waals surface area contributed by atoms with Gasteiger partial charge in [-0.2, -0.15) is 0 Å². The zero-order valence-electron chi connectivity index (χ0n) is 13.5.